The van der Waals surface area contributed by atoms with Gasteiger partial charge in [-0.3, -0.25) is 0 Å². The van der Waals surface area contributed by atoms with Gasteiger partial charge >= 0.3 is 0 Å². The first kappa shape index (κ1) is 16.6. The van der Waals surface area contributed by atoms with Gasteiger partial charge in [0, 0.05) is 31.3 Å². The molecule has 0 bridgehead atoms. The molecular formula is C25H26N2. The topological polar surface area (TPSA) is 8.17 Å². The van der Waals surface area contributed by atoms with E-state index < -0.39 is 0 Å². The second kappa shape index (κ2) is 7.21. The summed E-state index contributed by atoms with van der Waals surface area (Å²) in [6.07, 6.45) is 4.70. The summed E-state index contributed by atoms with van der Waals surface area (Å²) < 4.78 is 2.44. The molecular weight excluding hydrogens is 328 g/mol. The van der Waals surface area contributed by atoms with Gasteiger partial charge < -0.3 is 9.47 Å². The van der Waals surface area contributed by atoms with Gasteiger partial charge in [-0.05, 0) is 59.2 Å². The third-order valence-corrected chi connectivity index (χ3v) is 6.04. The number of nitrogens with zero attached hydrogens (tertiary/aromatic N) is 2. The molecule has 1 fully saturated rings. The Labute approximate surface area is 161 Å². The van der Waals surface area contributed by atoms with Gasteiger partial charge in [-0.2, -0.15) is 0 Å². The zero-order valence-corrected chi connectivity index (χ0v) is 15.7. The van der Waals surface area contributed by atoms with E-state index in [-0.39, 0.29) is 0 Å². The van der Waals surface area contributed by atoms with Crippen LogP contribution in [0.1, 0.15) is 12.0 Å². The summed E-state index contributed by atoms with van der Waals surface area (Å²) in [6.45, 7) is 4.76. The lowest BCUT2D eigenvalue weighted by molar-refractivity contribution is 0.321. The molecule has 1 aliphatic rings. The van der Waals surface area contributed by atoms with Crippen molar-refractivity contribution in [3.05, 3.63) is 84.6 Å². The third kappa shape index (κ3) is 3.50. The van der Waals surface area contributed by atoms with Crippen molar-refractivity contribution in [1.29, 1.82) is 0 Å². The minimum Gasteiger partial charge on any atom is -0.347 e. The summed E-state index contributed by atoms with van der Waals surface area (Å²) in [5, 5.41) is 4.04. The molecule has 0 radical (unpaired) electrons. The van der Waals surface area contributed by atoms with Gasteiger partial charge in [-0.25, -0.2) is 0 Å². The Kier molecular flexibility index (Phi) is 4.43. The molecule has 1 unspecified atom stereocenters. The average molecular weight is 354 g/mol. The molecule has 2 nitrogen and oxygen atoms in total. The highest BCUT2D eigenvalue weighted by Gasteiger charge is 2.22. The van der Waals surface area contributed by atoms with E-state index in [9.17, 15) is 0 Å². The first-order valence-electron chi connectivity index (χ1n) is 10.1. The van der Waals surface area contributed by atoms with Gasteiger partial charge in [0.1, 0.15) is 0 Å². The Bertz CT molecular complexity index is 1060. The van der Waals surface area contributed by atoms with Crippen molar-refractivity contribution in [2.45, 2.75) is 19.4 Å². The fourth-order valence-electron chi connectivity index (χ4n) is 4.52. The van der Waals surface area contributed by atoms with Crippen LogP contribution < -0.4 is 0 Å². The quantitative estimate of drug-likeness (QED) is 0.468. The minimum absolute atomic E-state index is 0.761. The van der Waals surface area contributed by atoms with Crippen molar-refractivity contribution in [2.75, 3.05) is 19.6 Å². The third-order valence-electron chi connectivity index (χ3n) is 6.04. The molecule has 0 spiro atoms. The van der Waals surface area contributed by atoms with Crippen LogP contribution in [0.2, 0.25) is 0 Å². The maximum Gasteiger partial charge on any atom is 0.0480 e. The summed E-state index contributed by atoms with van der Waals surface area (Å²) in [4.78, 5) is 2.64. The molecule has 1 aliphatic heterocycles. The van der Waals surface area contributed by atoms with Crippen molar-refractivity contribution in [3.8, 4) is 0 Å². The molecule has 136 valence electrons. The zero-order valence-electron chi connectivity index (χ0n) is 15.7. The molecule has 0 amide bonds. The van der Waals surface area contributed by atoms with Crippen LogP contribution in [-0.4, -0.2) is 29.1 Å². The lowest BCUT2D eigenvalue weighted by Gasteiger charge is -2.17. The zero-order chi connectivity index (χ0) is 18.1. The van der Waals surface area contributed by atoms with E-state index in [1.165, 1.54) is 53.3 Å². The van der Waals surface area contributed by atoms with Crippen LogP contribution in [0.25, 0.3) is 21.7 Å². The van der Waals surface area contributed by atoms with E-state index in [0.29, 0.717) is 0 Å². The smallest absolute Gasteiger partial charge is 0.0480 e. The Morgan fingerprint density at radius 1 is 0.815 bits per heavy atom. The predicted octanol–water partition coefficient (Wildman–Crippen LogP) is 5.36. The van der Waals surface area contributed by atoms with E-state index in [4.69, 9.17) is 0 Å². The Morgan fingerprint density at radius 2 is 1.63 bits per heavy atom. The number of aromatic nitrogens is 1. The molecule has 2 heteroatoms. The van der Waals surface area contributed by atoms with Gasteiger partial charge in [-0.15, -0.1) is 0 Å². The number of para-hydroxylation sites is 1. The molecule has 1 aromatic heterocycles. The van der Waals surface area contributed by atoms with Gasteiger partial charge in [0.15, 0.2) is 0 Å². The fraction of sp³-hybridized carbons (Fsp3) is 0.280. The van der Waals surface area contributed by atoms with Crippen LogP contribution in [0.15, 0.2) is 79.0 Å². The van der Waals surface area contributed by atoms with Crippen LogP contribution in [0, 0.1) is 5.92 Å². The van der Waals surface area contributed by atoms with Crippen molar-refractivity contribution in [2.24, 2.45) is 5.92 Å². The molecule has 4 aromatic rings. The fourth-order valence-corrected chi connectivity index (χ4v) is 4.52. The molecule has 5 rings (SSSR count). The minimum atomic E-state index is 0.761. The van der Waals surface area contributed by atoms with Crippen LogP contribution >= 0.6 is 0 Å². The molecule has 2 heterocycles. The second-order valence-electron chi connectivity index (χ2n) is 7.91. The Hall–Kier alpha value is -2.58. The maximum atomic E-state index is 2.64. The molecule has 27 heavy (non-hydrogen) atoms. The highest BCUT2D eigenvalue weighted by Crippen LogP contribution is 2.23. The Balaban J connectivity index is 1.19. The van der Waals surface area contributed by atoms with E-state index in [1.54, 1.807) is 0 Å². The summed E-state index contributed by atoms with van der Waals surface area (Å²) >= 11 is 0. The number of rotatable bonds is 5. The predicted molar refractivity (Wildman–Crippen MR) is 114 cm³/mol. The molecule has 0 N–H and O–H groups in total. The van der Waals surface area contributed by atoms with Crippen LogP contribution in [0.5, 0.6) is 0 Å². The molecule has 3 aromatic carbocycles. The van der Waals surface area contributed by atoms with Crippen molar-refractivity contribution in [3.63, 3.8) is 0 Å². The van der Waals surface area contributed by atoms with Gasteiger partial charge in [-0.1, -0.05) is 60.7 Å². The standard InChI is InChI=1S/C25H26N2/c1-2-7-24-17-20(9-10-22(24)5-1)11-14-26-15-12-21(18-26)19-27-16-13-23-6-3-4-8-25(23)27/h1-10,13,16-17,21H,11-12,14-15,18-19H2. The highest BCUT2D eigenvalue weighted by molar-refractivity contribution is 5.83. The van der Waals surface area contributed by atoms with E-state index in [2.05, 4.69) is 88.5 Å². The summed E-state index contributed by atoms with van der Waals surface area (Å²) in [7, 11) is 0. The van der Waals surface area contributed by atoms with Crippen molar-refractivity contribution >= 4 is 21.7 Å². The van der Waals surface area contributed by atoms with Crippen LogP contribution in [0.3, 0.4) is 0 Å². The number of hydrogen-bond acceptors (Lipinski definition) is 1. The largest absolute Gasteiger partial charge is 0.347 e. The average Bonchev–Trinajstić information content (AvgIpc) is 3.34. The van der Waals surface area contributed by atoms with Gasteiger partial charge in [0.2, 0.25) is 0 Å². The number of fused-ring (bicyclic) bond motifs is 2. The maximum absolute atomic E-state index is 2.64. The first-order chi connectivity index (χ1) is 13.3. The number of benzene rings is 3. The van der Waals surface area contributed by atoms with Crippen molar-refractivity contribution in [1.82, 2.24) is 9.47 Å². The number of likely N-dealkylation sites (tertiary alicyclic amines) is 1. The second-order valence-corrected chi connectivity index (χ2v) is 7.91. The summed E-state index contributed by atoms with van der Waals surface area (Å²) in [6, 6.07) is 26.5. The van der Waals surface area contributed by atoms with E-state index in [1.807, 2.05) is 0 Å². The van der Waals surface area contributed by atoms with Crippen LogP contribution in [-0.2, 0) is 13.0 Å². The summed E-state index contributed by atoms with van der Waals surface area (Å²) in [5.74, 6) is 0.761. The normalized spacial score (nSPS) is 17.9. The van der Waals surface area contributed by atoms with Crippen molar-refractivity contribution < 1.29 is 0 Å². The molecule has 0 aliphatic carbocycles. The number of hydrogen-bond donors (Lipinski definition) is 0. The summed E-state index contributed by atoms with van der Waals surface area (Å²) in [5.41, 5.74) is 2.82. The van der Waals surface area contributed by atoms with Gasteiger partial charge in [0.25, 0.3) is 0 Å². The lowest BCUT2D eigenvalue weighted by Crippen LogP contribution is -2.24. The first-order valence-corrected chi connectivity index (χ1v) is 10.1. The SMILES string of the molecule is c1ccc2cc(CCN3CCC(Cn4ccc5ccccc54)C3)ccc2c1. The lowest BCUT2D eigenvalue weighted by atomic mass is 10.1. The van der Waals surface area contributed by atoms with Gasteiger partial charge in [0.05, 0.1) is 0 Å². The highest BCUT2D eigenvalue weighted by atomic mass is 15.1. The Morgan fingerprint density at radius 3 is 2.56 bits per heavy atom. The van der Waals surface area contributed by atoms with E-state index in [0.717, 1.165) is 18.9 Å². The molecule has 1 saturated heterocycles. The molecule has 1 atom stereocenters. The molecule has 0 saturated carbocycles. The monoisotopic (exact) mass is 354 g/mol. The van der Waals surface area contributed by atoms with E-state index >= 15 is 0 Å². The van der Waals surface area contributed by atoms with Crippen LogP contribution in [0.4, 0.5) is 0 Å².